The average molecular weight is 376 g/mol. The van der Waals surface area contributed by atoms with Crippen LogP contribution in [0, 0.1) is 0 Å². The fraction of sp³-hybridized carbons (Fsp3) is 0.579. The molecule has 0 saturated carbocycles. The number of carbonyl (C=O) groups excluding carboxylic acids is 1. The third-order valence-corrected chi connectivity index (χ3v) is 5.31. The number of methoxy groups -OCH3 is 2. The molecule has 146 valence electrons. The second-order valence-corrected chi connectivity index (χ2v) is 6.81. The van der Waals surface area contributed by atoms with E-state index in [1.807, 2.05) is 23.1 Å². The van der Waals surface area contributed by atoms with Crippen LogP contribution in [0.5, 0.6) is 11.5 Å². The largest absolute Gasteiger partial charge is 0.493 e. The van der Waals surface area contributed by atoms with Gasteiger partial charge in [0.25, 0.3) is 5.91 Å². The Morgan fingerprint density at radius 1 is 1.19 bits per heavy atom. The van der Waals surface area contributed by atoms with Crippen LogP contribution in [-0.4, -0.2) is 68.9 Å². The van der Waals surface area contributed by atoms with Crippen molar-refractivity contribution in [3.63, 3.8) is 0 Å². The van der Waals surface area contributed by atoms with E-state index < -0.39 is 11.9 Å². The summed E-state index contributed by atoms with van der Waals surface area (Å²) in [6, 6.07) is 5.56. The minimum Gasteiger partial charge on any atom is -0.493 e. The molecule has 0 N–H and O–H groups in total. The van der Waals surface area contributed by atoms with Gasteiger partial charge in [-0.3, -0.25) is 4.79 Å². The molecule has 8 heteroatoms. The van der Waals surface area contributed by atoms with Crippen molar-refractivity contribution in [3.05, 3.63) is 23.8 Å². The fourth-order valence-electron chi connectivity index (χ4n) is 3.84. The molecular weight excluding hydrogens is 352 g/mol. The van der Waals surface area contributed by atoms with Gasteiger partial charge in [0.1, 0.15) is 0 Å². The Labute approximate surface area is 157 Å². The molecule has 0 bridgehead atoms. The van der Waals surface area contributed by atoms with Gasteiger partial charge < -0.3 is 28.7 Å². The molecule has 1 spiro atoms. The number of hydrogen-bond acceptors (Lipinski definition) is 7. The molecule has 1 amide bonds. The van der Waals surface area contributed by atoms with Gasteiger partial charge in [-0.2, -0.15) is 0 Å². The normalized spacial score (nSPS) is 23.9. The molecular formula is C19H24N2O6. The Balaban J connectivity index is 1.40. The van der Waals surface area contributed by atoms with Crippen molar-refractivity contribution in [3.8, 4) is 11.5 Å². The molecule has 3 aliphatic rings. The summed E-state index contributed by atoms with van der Waals surface area (Å²) < 4.78 is 22.2. The first-order valence-electron chi connectivity index (χ1n) is 9.16. The highest BCUT2D eigenvalue weighted by Crippen LogP contribution is 2.35. The zero-order valence-electron chi connectivity index (χ0n) is 15.6. The third-order valence-electron chi connectivity index (χ3n) is 5.31. The Bertz CT molecular complexity index is 734. The number of nitrogens with zero attached hydrogens (tertiary/aromatic N) is 2. The quantitative estimate of drug-likeness (QED) is 0.794. The summed E-state index contributed by atoms with van der Waals surface area (Å²) in [5.41, 5.74) is 1.46. The van der Waals surface area contributed by atoms with Crippen LogP contribution in [-0.2, 0) is 19.1 Å². The van der Waals surface area contributed by atoms with Crippen LogP contribution in [0.15, 0.2) is 23.4 Å². The number of benzene rings is 1. The number of amides is 1. The minimum atomic E-state index is -0.615. The molecule has 8 nitrogen and oxygen atoms in total. The average Bonchev–Trinajstić information content (AvgIpc) is 3.37. The molecule has 0 radical (unpaired) electrons. The summed E-state index contributed by atoms with van der Waals surface area (Å²) in [4.78, 5) is 20.1. The summed E-state index contributed by atoms with van der Waals surface area (Å²) in [5, 5.41) is 4.14. The summed E-state index contributed by atoms with van der Waals surface area (Å²) >= 11 is 0. The summed E-state index contributed by atoms with van der Waals surface area (Å²) in [7, 11) is 3.17. The summed E-state index contributed by atoms with van der Waals surface area (Å²) in [5.74, 6) is 0.655. The molecule has 4 rings (SSSR count). The van der Waals surface area contributed by atoms with E-state index in [9.17, 15) is 4.79 Å². The molecule has 1 atom stereocenters. The lowest BCUT2D eigenvalue weighted by Crippen LogP contribution is -2.50. The second kappa shape index (κ2) is 7.36. The van der Waals surface area contributed by atoms with Gasteiger partial charge in [0.15, 0.2) is 17.3 Å². The van der Waals surface area contributed by atoms with E-state index in [1.54, 1.807) is 14.2 Å². The molecule has 3 aliphatic heterocycles. The molecule has 0 aliphatic carbocycles. The van der Waals surface area contributed by atoms with E-state index in [1.165, 1.54) is 0 Å². The lowest BCUT2D eigenvalue weighted by Gasteiger charge is -2.38. The van der Waals surface area contributed by atoms with E-state index in [0.717, 1.165) is 5.56 Å². The number of oxime groups is 1. The van der Waals surface area contributed by atoms with Gasteiger partial charge in [0, 0.05) is 37.9 Å². The van der Waals surface area contributed by atoms with Crippen LogP contribution in [0.2, 0.25) is 0 Å². The van der Waals surface area contributed by atoms with E-state index in [2.05, 4.69) is 5.16 Å². The van der Waals surface area contributed by atoms with E-state index in [4.69, 9.17) is 23.8 Å². The molecule has 0 aromatic heterocycles. The van der Waals surface area contributed by atoms with Crippen LogP contribution in [0.1, 0.15) is 24.8 Å². The lowest BCUT2D eigenvalue weighted by atomic mass is 10.0. The molecule has 2 fully saturated rings. The summed E-state index contributed by atoms with van der Waals surface area (Å²) in [6.07, 6.45) is 1.15. The van der Waals surface area contributed by atoms with Gasteiger partial charge in [-0.1, -0.05) is 11.2 Å². The molecule has 27 heavy (non-hydrogen) atoms. The number of ether oxygens (including phenoxy) is 4. The predicted molar refractivity (Wildman–Crippen MR) is 96.0 cm³/mol. The summed E-state index contributed by atoms with van der Waals surface area (Å²) in [6.45, 7) is 2.44. The Morgan fingerprint density at radius 3 is 2.59 bits per heavy atom. The monoisotopic (exact) mass is 376 g/mol. The van der Waals surface area contributed by atoms with Gasteiger partial charge in [-0.25, -0.2) is 0 Å². The lowest BCUT2D eigenvalue weighted by molar-refractivity contribution is -0.189. The van der Waals surface area contributed by atoms with Crippen molar-refractivity contribution in [1.82, 2.24) is 4.90 Å². The first-order chi connectivity index (χ1) is 13.2. The number of hydrogen-bond donors (Lipinski definition) is 0. The first-order valence-corrected chi connectivity index (χ1v) is 9.16. The Hall–Kier alpha value is -2.32. The van der Waals surface area contributed by atoms with E-state index in [0.29, 0.717) is 62.8 Å². The fourth-order valence-corrected chi connectivity index (χ4v) is 3.84. The maximum absolute atomic E-state index is 12.8. The SMILES string of the molecule is COc1cccc(C2=NOC(C(=O)N3CCC4(CC3)OCCO4)C2)c1OC. The van der Waals surface area contributed by atoms with Crippen molar-refractivity contribution in [2.24, 2.45) is 5.16 Å². The van der Waals surface area contributed by atoms with Crippen molar-refractivity contribution in [2.45, 2.75) is 31.2 Å². The Kier molecular flexibility index (Phi) is 4.92. The van der Waals surface area contributed by atoms with E-state index >= 15 is 0 Å². The number of rotatable bonds is 4. The van der Waals surface area contributed by atoms with E-state index in [-0.39, 0.29) is 5.91 Å². The molecule has 3 heterocycles. The smallest absolute Gasteiger partial charge is 0.266 e. The first kappa shape index (κ1) is 18.1. The van der Waals surface area contributed by atoms with Crippen molar-refractivity contribution in [2.75, 3.05) is 40.5 Å². The number of likely N-dealkylation sites (tertiary alicyclic amines) is 1. The van der Waals surface area contributed by atoms with Crippen molar-refractivity contribution >= 4 is 11.6 Å². The van der Waals surface area contributed by atoms with Crippen LogP contribution < -0.4 is 9.47 Å². The second-order valence-electron chi connectivity index (χ2n) is 6.81. The maximum atomic E-state index is 12.8. The highest BCUT2D eigenvalue weighted by Gasteiger charge is 2.43. The molecule has 1 aromatic carbocycles. The highest BCUT2D eigenvalue weighted by atomic mass is 16.7. The van der Waals surface area contributed by atoms with Crippen molar-refractivity contribution in [1.29, 1.82) is 0 Å². The minimum absolute atomic E-state index is 0.0524. The van der Waals surface area contributed by atoms with Crippen LogP contribution in [0.25, 0.3) is 0 Å². The maximum Gasteiger partial charge on any atom is 0.266 e. The molecule has 1 aromatic rings. The predicted octanol–water partition coefficient (Wildman–Crippen LogP) is 1.56. The topological polar surface area (TPSA) is 78.8 Å². The van der Waals surface area contributed by atoms with Gasteiger partial charge in [0.2, 0.25) is 6.10 Å². The zero-order chi connectivity index (χ0) is 18.9. The van der Waals surface area contributed by atoms with Crippen LogP contribution in [0.4, 0.5) is 0 Å². The zero-order valence-corrected chi connectivity index (χ0v) is 15.6. The van der Waals surface area contributed by atoms with Gasteiger partial charge in [-0.15, -0.1) is 0 Å². The van der Waals surface area contributed by atoms with Crippen molar-refractivity contribution < 1.29 is 28.6 Å². The van der Waals surface area contributed by atoms with Gasteiger partial charge >= 0.3 is 0 Å². The Morgan fingerprint density at radius 2 is 1.93 bits per heavy atom. The van der Waals surface area contributed by atoms with Crippen LogP contribution >= 0.6 is 0 Å². The highest BCUT2D eigenvalue weighted by molar-refractivity contribution is 6.06. The van der Waals surface area contributed by atoms with Crippen LogP contribution in [0.3, 0.4) is 0 Å². The molecule has 2 saturated heterocycles. The standard InChI is InChI=1S/C19H24N2O6/c1-23-15-5-3-4-13(17(15)24-2)14-12-16(27-20-14)18(22)21-8-6-19(7-9-21)25-10-11-26-19/h3-5,16H,6-12H2,1-2H3. The number of carbonyl (C=O) groups is 1. The van der Waals surface area contributed by atoms with Gasteiger partial charge in [0.05, 0.1) is 33.1 Å². The number of para-hydroxylation sites is 1. The molecule has 1 unspecified atom stereocenters. The van der Waals surface area contributed by atoms with Gasteiger partial charge in [-0.05, 0) is 12.1 Å². The third kappa shape index (κ3) is 3.35. The number of piperidine rings is 1.